The van der Waals surface area contributed by atoms with Crippen LogP contribution in [0.15, 0.2) is 11.6 Å². The fourth-order valence-electron chi connectivity index (χ4n) is 11.4. The maximum atomic E-state index is 11.9. The second-order valence-corrected chi connectivity index (χ2v) is 16.3. The monoisotopic (exact) mass is 482 g/mol. The van der Waals surface area contributed by atoms with Gasteiger partial charge in [-0.15, -0.1) is 0 Å². The Labute approximate surface area is 216 Å². The molecule has 0 N–H and O–H groups in total. The zero-order chi connectivity index (χ0) is 25.8. The summed E-state index contributed by atoms with van der Waals surface area (Å²) in [6, 6.07) is 0. The van der Waals surface area contributed by atoms with Crippen molar-refractivity contribution in [3.63, 3.8) is 0 Å². The first-order valence-corrected chi connectivity index (χ1v) is 14.9. The van der Waals surface area contributed by atoms with Crippen LogP contribution in [0.4, 0.5) is 0 Å². The van der Waals surface area contributed by atoms with E-state index >= 15 is 0 Å². The van der Waals surface area contributed by atoms with Crippen LogP contribution in [0.3, 0.4) is 0 Å². The molecule has 5 aliphatic carbocycles. The molecule has 0 aliphatic heterocycles. The van der Waals surface area contributed by atoms with Gasteiger partial charge in [0, 0.05) is 12.3 Å². The van der Waals surface area contributed by atoms with E-state index in [1.54, 1.807) is 6.92 Å². The van der Waals surface area contributed by atoms with E-state index in [1.807, 2.05) is 5.57 Å². The minimum absolute atomic E-state index is 0.0384. The first kappa shape index (κ1) is 25.8. The van der Waals surface area contributed by atoms with E-state index in [-0.39, 0.29) is 17.5 Å². The number of ether oxygens (including phenoxy) is 1. The number of allylic oxidation sites excluding steroid dienone is 2. The third-order valence-corrected chi connectivity index (χ3v) is 13.9. The molecule has 0 aromatic heterocycles. The summed E-state index contributed by atoms with van der Waals surface area (Å²) in [4.78, 5) is 11.9. The Balaban J connectivity index is 1.55. The number of rotatable bonds is 1. The molecule has 4 fully saturated rings. The maximum absolute atomic E-state index is 11.9. The lowest BCUT2D eigenvalue weighted by molar-refractivity contribution is -0.215. The number of hydrogen-bond donors (Lipinski definition) is 0. The molecule has 0 aromatic carbocycles. The molecule has 9 atom stereocenters. The lowest BCUT2D eigenvalue weighted by Gasteiger charge is -2.72. The molecule has 5 aliphatic rings. The van der Waals surface area contributed by atoms with Crippen LogP contribution in [0, 0.1) is 56.2 Å². The molecule has 0 radical (unpaired) electrons. The number of carbonyl (C=O) groups is 1. The molecule has 0 heterocycles. The van der Waals surface area contributed by atoms with Crippen molar-refractivity contribution in [3.8, 4) is 0 Å². The molecule has 0 spiro atoms. The van der Waals surface area contributed by atoms with Gasteiger partial charge < -0.3 is 4.74 Å². The van der Waals surface area contributed by atoms with Gasteiger partial charge in [0.15, 0.2) is 0 Å². The number of esters is 1. The van der Waals surface area contributed by atoms with Crippen molar-refractivity contribution in [2.24, 2.45) is 56.2 Å². The maximum Gasteiger partial charge on any atom is 0.302 e. The largest absolute Gasteiger partial charge is 0.462 e. The van der Waals surface area contributed by atoms with Gasteiger partial charge in [-0.05, 0) is 109 Å². The normalized spacial score (nSPS) is 52.2. The van der Waals surface area contributed by atoms with Gasteiger partial charge in [0.25, 0.3) is 0 Å². The predicted octanol–water partition coefficient (Wildman–Crippen LogP) is 8.99. The highest BCUT2D eigenvalue weighted by Gasteiger charge is 2.69. The van der Waals surface area contributed by atoms with Crippen LogP contribution >= 0.6 is 0 Å². The van der Waals surface area contributed by atoms with Crippen LogP contribution in [0.1, 0.15) is 127 Å². The summed E-state index contributed by atoms with van der Waals surface area (Å²) >= 11 is 0. The summed E-state index contributed by atoms with van der Waals surface area (Å²) in [5.41, 5.74) is 3.80. The summed E-state index contributed by atoms with van der Waals surface area (Å²) in [6.07, 6.45) is 14.4. The lowest BCUT2D eigenvalue weighted by Crippen LogP contribution is -2.65. The molecule has 0 aromatic rings. The SMILES string of the molecule is CC(=O)O[C@@H]1CC[C@]2(C)[C@H]3CC=C4[C@H]5CC(C)(C)CC[C@]5(C)[C@@H](C)C[C@@]4(C)[C@]3(C)CC[C@H]2C1(C)C. The topological polar surface area (TPSA) is 26.3 Å². The highest BCUT2D eigenvalue weighted by Crippen LogP contribution is 2.76. The summed E-state index contributed by atoms with van der Waals surface area (Å²) in [5, 5.41) is 0. The quantitative estimate of drug-likeness (QED) is 0.275. The van der Waals surface area contributed by atoms with Crippen molar-refractivity contribution in [2.75, 3.05) is 0 Å². The van der Waals surface area contributed by atoms with Gasteiger partial charge in [-0.3, -0.25) is 4.79 Å². The van der Waals surface area contributed by atoms with Crippen LogP contribution in [0.2, 0.25) is 0 Å². The van der Waals surface area contributed by atoms with Gasteiger partial charge >= 0.3 is 5.97 Å². The molecule has 0 bridgehead atoms. The fraction of sp³-hybridized carbons (Fsp3) is 0.909. The van der Waals surface area contributed by atoms with E-state index in [0.29, 0.717) is 38.9 Å². The molecule has 0 amide bonds. The second kappa shape index (κ2) is 7.63. The molecule has 5 rings (SSSR count). The third-order valence-electron chi connectivity index (χ3n) is 13.9. The smallest absolute Gasteiger partial charge is 0.302 e. The van der Waals surface area contributed by atoms with Crippen molar-refractivity contribution in [2.45, 2.75) is 133 Å². The van der Waals surface area contributed by atoms with Crippen LogP contribution in [0.25, 0.3) is 0 Å². The first-order chi connectivity index (χ1) is 16.0. The van der Waals surface area contributed by atoms with Gasteiger partial charge in [-0.25, -0.2) is 0 Å². The highest BCUT2D eigenvalue weighted by molar-refractivity contribution is 5.66. The molecule has 2 heteroatoms. The van der Waals surface area contributed by atoms with E-state index in [2.05, 4.69) is 68.4 Å². The summed E-state index contributed by atoms with van der Waals surface area (Å²) in [5.74, 6) is 2.75. The van der Waals surface area contributed by atoms with E-state index < -0.39 is 0 Å². The Morgan fingerprint density at radius 2 is 1.54 bits per heavy atom. The predicted molar refractivity (Wildman–Crippen MR) is 145 cm³/mol. The van der Waals surface area contributed by atoms with E-state index in [9.17, 15) is 4.79 Å². The van der Waals surface area contributed by atoms with Crippen molar-refractivity contribution < 1.29 is 9.53 Å². The summed E-state index contributed by atoms with van der Waals surface area (Å²) in [6.45, 7) is 24.7. The fourth-order valence-corrected chi connectivity index (χ4v) is 11.4. The number of fused-ring (bicyclic) bond motifs is 7. The molecule has 4 saturated carbocycles. The van der Waals surface area contributed by atoms with Crippen LogP contribution in [0.5, 0.6) is 0 Å². The van der Waals surface area contributed by atoms with E-state index in [0.717, 1.165) is 18.3 Å². The Morgan fingerprint density at radius 3 is 2.20 bits per heavy atom. The van der Waals surface area contributed by atoms with Crippen molar-refractivity contribution in [1.82, 2.24) is 0 Å². The Hall–Kier alpha value is -0.790. The lowest BCUT2D eigenvalue weighted by atomic mass is 9.33. The molecule has 2 nitrogen and oxygen atoms in total. The third kappa shape index (κ3) is 3.35. The average Bonchev–Trinajstić information content (AvgIpc) is 2.72. The Bertz CT molecular complexity index is 927. The van der Waals surface area contributed by atoms with Gasteiger partial charge in [0.2, 0.25) is 0 Å². The molecule has 0 unspecified atom stereocenters. The van der Waals surface area contributed by atoms with Crippen LogP contribution in [-0.4, -0.2) is 12.1 Å². The van der Waals surface area contributed by atoms with Crippen LogP contribution < -0.4 is 0 Å². The molecule has 35 heavy (non-hydrogen) atoms. The van der Waals surface area contributed by atoms with Gasteiger partial charge in [-0.2, -0.15) is 0 Å². The van der Waals surface area contributed by atoms with Gasteiger partial charge in [-0.1, -0.05) is 74.0 Å². The second-order valence-electron chi connectivity index (χ2n) is 16.3. The minimum atomic E-state index is -0.111. The average molecular weight is 483 g/mol. The van der Waals surface area contributed by atoms with E-state index in [1.165, 1.54) is 51.4 Å². The molecule has 198 valence electrons. The van der Waals surface area contributed by atoms with Crippen molar-refractivity contribution >= 4 is 5.97 Å². The van der Waals surface area contributed by atoms with Crippen molar-refractivity contribution in [1.29, 1.82) is 0 Å². The molecular formula is C33H54O2. The van der Waals surface area contributed by atoms with E-state index in [4.69, 9.17) is 4.74 Å². The van der Waals surface area contributed by atoms with Crippen molar-refractivity contribution in [3.05, 3.63) is 11.6 Å². The Kier molecular flexibility index (Phi) is 5.63. The first-order valence-electron chi connectivity index (χ1n) is 14.9. The number of carbonyl (C=O) groups excluding carboxylic acids is 1. The van der Waals surface area contributed by atoms with Gasteiger partial charge in [0.1, 0.15) is 6.10 Å². The standard InChI is InChI=1S/C33H54O2/c1-21-19-33(10)23(24-20-28(3,4)17-18-30(21,24)7)11-12-26-31(8)15-14-27(35-22(2)34)29(5,6)25(31)13-16-32(26,33)9/h11,21,24-27H,12-20H2,1-10H3/t21-,24+,25-,26+,27+,30+,31-,32+,33+/m0/s1. The zero-order valence-corrected chi connectivity index (χ0v) is 24.6. The zero-order valence-electron chi connectivity index (χ0n) is 24.6. The minimum Gasteiger partial charge on any atom is -0.462 e. The van der Waals surface area contributed by atoms with Crippen LogP contribution in [-0.2, 0) is 9.53 Å². The summed E-state index contributed by atoms with van der Waals surface area (Å²) < 4.78 is 5.92. The molecule has 0 saturated heterocycles. The summed E-state index contributed by atoms with van der Waals surface area (Å²) in [7, 11) is 0. The Morgan fingerprint density at radius 1 is 0.857 bits per heavy atom. The molecular weight excluding hydrogens is 428 g/mol. The highest BCUT2D eigenvalue weighted by atomic mass is 16.5. The van der Waals surface area contributed by atoms with Gasteiger partial charge in [0.05, 0.1) is 0 Å². The number of hydrogen-bond acceptors (Lipinski definition) is 2.